The smallest absolute Gasteiger partial charge is 0.352 e. The molecule has 0 saturated carbocycles. The van der Waals surface area contributed by atoms with Crippen LogP contribution < -0.4 is 5.32 Å². The largest absolute Gasteiger partial charge is 0.395 e. The fraction of sp³-hybridized carbons (Fsp3) is 0.263. The van der Waals surface area contributed by atoms with Gasteiger partial charge in [0.25, 0.3) is 0 Å². The molecule has 0 unspecified atom stereocenters. The van der Waals surface area contributed by atoms with Gasteiger partial charge in [0.05, 0.1) is 17.1 Å². The second kappa shape index (κ2) is 6.43. The van der Waals surface area contributed by atoms with Crippen LogP contribution in [-0.4, -0.2) is 37.3 Å². The Labute approximate surface area is 158 Å². The van der Waals surface area contributed by atoms with E-state index in [1.54, 1.807) is 29.3 Å². The van der Waals surface area contributed by atoms with E-state index in [0.29, 0.717) is 5.65 Å². The Hall–Kier alpha value is -3.23. The molecular formula is C19H17F3N6. The maximum atomic E-state index is 13.0. The van der Waals surface area contributed by atoms with E-state index in [4.69, 9.17) is 0 Å². The van der Waals surface area contributed by atoms with Gasteiger partial charge in [0.15, 0.2) is 5.65 Å². The summed E-state index contributed by atoms with van der Waals surface area (Å²) in [6.07, 6.45) is 2.41. The summed E-state index contributed by atoms with van der Waals surface area (Å²) >= 11 is 0. The lowest BCUT2D eigenvalue weighted by atomic mass is 9.93. The molecule has 0 saturated heterocycles. The quantitative estimate of drug-likeness (QED) is 0.565. The van der Waals surface area contributed by atoms with Gasteiger partial charge in [-0.15, -0.1) is 5.10 Å². The Kier molecular flexibility index (Phi) is 4.17. The Morgan fingerprint density at radius 1 is 1.07 bits per heavy atom. The molecule has 0 amide bonds. The average Bonchev–Trinajstić information content (AvgIpc) is 3.08. The van der Waals surface area contributed by atoms with Gasteiger partial charge < -0.3 is 5.32 Å². The number of fused-ring (bicyclic) bond motifs is 2. The lowest BCUT2D eigenvalue weighted by Gasteiger charge is -2.27. The van der Waals surface area contributed by atoms with Crippen molar-refractivity contribution < 1.29 is 13.2 Å². The maximum Gasteiger partial charge on any atom is 0.395 e. The minimum atomic E-state index is -4.32. The van der Waals surface area contributed by atoms with Gasteiger partial charge in [0.1, 0.15) is 0 Å². The van der Waals surface area contributed by atoms with Gasteiger partial charge in [-0.2, -0.15) is 13.2 Å². The summed E-state index contributed by atoms with van der Waals surface area (Å²) in [4.78, 5) is 12.7. The number of pyridine rings is 2. The minimum Gasteiger partial charge on any atom is -0.352 e. The standard InChI is InChI=1S/C19H17F3N6/c1-18(2,19(20,21)22)11-26-17-25-10-15-14(5-7-28(15)27-17)13-8-12-4-3-6-23-16(12)24-9-13/h3-10H,11H2,1-2H3,(H,26,27). The number of rotatable bonds is 4. The van der Waals surface area contributed by atoms with Gasteiger partial charge in [-0.05, 0) is 38.1 Å². The monoisotopic (exact) mass is 386 g/mol. The topological polar surface area (TPSA) is 68.0 Å². The molecular weight excluding hydrogens is 369 g/mol. The zero-order chi connectivity index (χ0) is 19.9. The Balaban J connectivity index is 1.62. The lowest BCUT2D eigenvalue weighted by Crippen LogP contribution is -2.38. The van der Waals surface area contributed by atoms with E-state index >= 15 is 0 Å². The van der Waals surface area contributed by atoms with Crippen LogP contribution in [0.5, 0.6) is 0 Å². The minimum absolute atomic E-state index is 0.132. The van der Waals surface area contributed by atoms with Crippen molar-refractivity contribution in [3.05, 3.63) is 49.1 Å². The van der Waals surface area contributed by atoms with Gasteiger partial charge in [0.2, 0.25) is 5.95 Å². The zero-order valence-corrected chi connectivity index (χ0v) is 15.2. The molecule has 6 nitrogen and oxygen atoms in total. The van der Waals surface area contributed by atoms with E-state index in [1.165, 1.54) is 0 Å². The van der Waals surface area contributed by atoms with E-state index in [2.05, 4.69) is 25.4 Å². The van der Waals surface area contributed by atoms with E-state index in [9.17, 15) is 13.2 Å². The molecule has 0 aliphatic carbocycles. The number of anilines is 1. The van der Waals surface area contributed by atoms with Crippen molar-refractivity contribution in [2.45, 2.75) is 20.0 Å². The van der Waals surface area contributed by atoms with Crippen LogP contribution in [0.3, 0.4) is 0 Å². The first kappa shape index (κ1) is 18.1. The highest BCUT2D eigenvalue weighted by molar-refractivity contribution is 5.86. The SMILES string of the molecule is CC(C)(CNc1ncc2c(-c3cnc4ncccc4c3)ccn2n1)C(F)(F)F. The van der Waals surface area contributed by atoms with E-state index < -0.39 is 11.6 Å². The van der Waals surface area contributed by atoms with Crippen LogP contribution in [0.2, 0.25) is 0 Å². The average molecular weight is 386 g/mol. The summed E-state index contributed by atoms with van der Waals surface area (Å²) in [6.45, 7) is 1.94. The molecule has 1 N–H and O–H groups in total. The molecule has 4 rings (SSSR count). The number of hydrogen-bond donors (Lipinski definition) is 1. The molecule has 0 aliphatic rings. The molecule has 144 valence electrons. The molecule has 4 aromatic heterocycles. The van der Waals surface area contributed by atoms with Crippen molar-refractivity contribution in [3.63, 3.8) is 0 Å². The number of aromatic nitrogens is 5. The molecule has 0 fully saturated rings. The van der Waals surface area contributed by atoms with Gasteiger partial charge in [-0.1, -0.05) is 0 Å². The van der Waals surface area contributed by atoms with Crippen molar-refractivity contribution >= 4 is 22.5 Å². The van der Waals surface area contributed by atoms with Gasteiger partial charge in [-0.3, -0.25) is 0 Å². The summed E-state index contributed by atoms with van der Waals surface area (Å²) in [5, 5.41) is 7.85. The maximum absolute atomic E-state index is 13.0. The summed E-state index contributed by atoms with van der Waals surface area (Å²) < 4.78 is 40.6. The number of nitrogens with one attached hydrogen (secondary N) is 1. The lowest BCUT2D eigenvalue weighted by molar-refractivity contribution is -0.206. The van der Waals surface area contributed by atoms with Crippen molar-refractivity contribution in [1.29, 1.82) is 0 Å². The third-order valence-electron chi connectivity index (χ3n) is 4.64. The summed E-state index contributed by atoms with van der Waals surface area (Å²) in [6, 6.07) is 7.61. The molecule has 4 aromatic rings. The van der Waals surface area contributed by atoms with Gasteiger partial charge in [0, 0.05) is 41.6 Å². The normalized spacial score (nSPS) is 12.6. The molecule has 0 bridgehead atoms. The molecule has 0 radical (unpaired) electrons. The Morgan fingerprint density at radius 3 is 2.68 bits per heavy atom. The van der Waals surface area contributed by atoms with E-state index in [0.717, 1.165) is 35.9 Å². The van der Waals surface area contributed by atoms with Gasteiger partial charge >= 0.3 is 6.18 Å². The van der Waals surface area contributed by atoms with E-state index in [-0.39, 0.29) is 12.5 Å². The zero-order valence-electron chi connectivity index (χ0n) is 15.2. The molecule has 0 aliphatic heterocycles. The highest BCUT2D eigenvalue weighted by Crippen LogP contribution is 2.37. The second-order valence-corrected chi connectivity index (χ2v) is 7.15. The van der Waals surface area contributed by atoms with Crippen LogP contribution in [0, 0.1) is 5.41 Å². The predicted octanol–water partition coefficient (Wildman–Crippen LogP) is 4.34. The molecule has 4 heterocycles. The molecule has 9 heteroatoms. The third-order valence-corrected chi connectivity index (χ3v) is 4.64. The fourth-order valence-electron chi connectivity index (χ4n) is 2.74. The van der Waals surface area contributed by atoms with Crippen molar-refractivity contribution in [2.75, 3.05) is 11.9 Å². The van der Waals surface area contributed by atoms with Crippen molar-refractivity contribution in [1.82, 2.24) is 24.6 Å². The fourth-order valence-corrected chi connectivity index (χ4v) is 2.74. The highest BCUT2D eigenvalue weighted by atomic mass is 19.4. The molecule has 28 heavy (non-hydrogen) atoms. The van der Waals surface area contributed by atoms with Crippen LogP contribution in [-0.2, 0) is 0 Å². The predicted molar refractivity (Wildman–Crippen MR) is 99.8 cm³/mol. The van der Waals surface area contributed by atoms with Crippen molar-refractivity contribution in [3.8, 4) is 11.1 Å². The number of alkyl halides is 3. The van der Waals surface area contributed by atoms with Crippen LogP contribution >= 0.6 is 0 Å². The van der Waals surface area contributed by atoms with Crippen LogP contribution in [0.15, 0.2) is 49.1 Å². The first-order chi connectivity index (χ1) is 13.2. The summed E-state index contributed by atoms with van der Waals surface area (Å²) in [5.74, 6) is 0.132. The first-order valence-corrected chi connectivity index (χ1v) is 8.61. The number of halogens is 3. The van der Waals surface area contributed by atoms with Gasteiger partial charge in [-0.25, -0.2) is 19.5 Å². The van der Waals surface area contributed by atoms with E-state index in [1.807, 2.05) is 24.3 Å². The Morgan fingerprint density at radius 2 is 1.89 bits per heavy atom. The Bertz CT molecular complexity index is 1150. The first-order valence-electron chi connectivity index (χ1n) is 8.61. The second-order valence-electron chi connectivity index (χ2n) is 7.15. The molecule has 0 atom stereocenters. The number of hydrogen-bond acceptors (Lipinski definition) is 5. The van der Waals surface area contributed by atoms with Crippen LogP contribution in [0.25, 0.3) is 27.7 Å². The highest BCUT2D eigenvalue weighted by Gasteiger charge is 2.47. The third kappa shape index (κ3) is 3.23. The summed E-state index contributed by atoms with van der Waals surface area (Å²) in [7, 11) is 0. The molecule has 0 aromatic carbocycles. The summed E-state index contributed by atoms with van der Waals surface area (Å²) in [5.41, 5.74) is 1.25. The molecule has 0 spiro atoms. The number of nitrogens with zero attached hydrogens (tertiary/aromatic N) is 5. The van der Waals surface area contributed by atoms with Crippen LogP contribution in [0.4, 0.5) is 19.1 Å². The van der Waals surface area contributed by atoms with Crippen molar-refractivity contribution in [2.24, 2.45) is 5.41 Å². The van der Waals surface area contributed by atoms with Crippen LogP contribution in [0.1, 0.15) is 13.8 Å².